The van der Waals surface area contributed by atoms with Crippen molar-refractivity contribution >= 4 is 23.2 Å². The van der Waals surface area contributed by atoms with Crippen molar-refractivity contribution in [2.75, 3.05) is 6.54 Å². The van der Waals surface area contributed by atoms with Crippen LogP contribution in [0.4, 0.5) is 0 Å². The lowest BCUT2D eigenvalue weighted by Crippen LogP contribution is -2.69. The fraction of sp³-hybridized carbons (Fsp3) is 0.643. The minimum atomic E-state index is -0.703. The Hall–Kier alpha value is -1.43. The fourth-order valence-corrected chi connectivity index (χ4v) is 3.45. The Labute approximate surface area is 122 Å². The number of nitrogens with one attached hydrogen (secondary N) is 1. The van der Waals surface area contributed by atoms with Crippen LogP contribution in [0.3, 0.4) is 0 Å². The number of thiazole rings is 1. The summed E-state index contributed by atoms with van der Waals surface area (Å²) in [6.45, 7) is 4.22. The van der Waals surface area contributed by atoms with E-state index >= 15 is 0 Å². The summed E-state index contributed by atoms with van der Waals surface area (Å²) in [7, 11) is 0. The Kier molecular flexibility index (Phi) is 3.28. The van der Waals surface area contributed by atoms with Crippen LogP contribution in [-0.2, 0) is 16.0 Å². The Bertz CT molecular complexity index is 527. The van der Waals surface area contributed by atoms with Crippen LogP contribution in [0.5, 0.6) is 0 Å². The maximum Gasteiger partial charge on any atom is 0.249 e. The number of hydrogen-bond acceptors (Lipinski definition) is 4. The predicted molar refractivity (Wildman–Crippen MR) is 76.3 cm³/mol. The average molecular weight is 293 g/mol. The van der Waals surface area contributed by atoms with Gasteiger partial charge in [0, 0.05) is 18.3 Å². The molecule has 2 aliphatic rings. The maximum atomic E-state index is 12.7. The molecule has 5 nitrogen and oxygen atoms in total. The number of piperazine rings is 1. The zero-order valence-corrected chi connectivity index (χ0v) is 12.6. The second kappa shape index (κ2) is 4.84. The third-order valence-corrected chi connectivity index (χ3v) is 5.06. The van der Waals surface area contributed by atoms with Crippen LogP contribution >= 0.6 is 11.3 Å². The number of carbonyl (C=O) groups is 2. The summed E-state index contributed by atoms with van der Waals surface area (Å²) in [4.78, 5) is 30.8. The zero-order valence-electron chi connectivity index (χ0n) is 11.8. The van der Waals surface area contributed by atoms with Crippen molar-refractivity contribution < 1.29 is 9.59 Å². The van der Waals surface area contributed by atoms with Crippen LogP contribution < -0.4 is 5.32 Å². The number of carbonyl (C=O) groups excluding carboxylic acids is 2. The van der Waals surface area contributed by atoms with E-state index in [1.165, 1.54) is 0 Å². The molecule has 3 rings (SSSR count). The first kappa shape index (κ1) is 13.5. The molecule has 2 amide bonds. The van der Waals surface area contributed by atoms with Crippen LogP contribution in [-0.4, -0.2) is 39.8 Å². The molecule has 0 spiro atoms. The molecule has 20 heavy (non-hydrogen) atoms. The Morgan fingerprint density at radius 2 is 2.25 bits per heavy atom. The topological polar surface area (TPSA) is 62.3 Å². The summed E-state index contributed by atoms with van der Waals surface area (Å²) in [6.07, 6.45) is 2.75. The van der Waals surface area contributed by atoms with Crippen molar-refractivity contribution in [3.8, 4) is 0 Å². The Morgan fingerprint density at radius 1 is 1.50 bits per heavy atom. The number of hydrogen-bond donors (Lipinski definition) is 1. The minimum absolute atomic E-state index is 0.0442. The van der Waals surface area contributed by atoms with Gasteiger partial charge in [-0.2, -0.15) is 0 Å². The molecular weight excluding hydrogens is 274 g/mol. The van der Waals surface area contributed by atoms with Gasteiger partial charge in [0.05, 0.1) is 11.2 Å². The molecular formula is C14H19N3O2S. The number of amides is 2. The molecule has 6 heteroatoms. The van der Waals surface area contributed by atoms with E-state index in [-0.39, 0.29) is 11.8 Å². The monoisotopic (exact) mass is 293 g/mol. The molecule has 1 aromatic heterocycles. The van der Waals surface area contributed by atoms with Gasteiger partial charge in [0.25, 0.3) is 0 Å². The van der Waals surface area contributed by atoms with Gasteiger partial charge in [-0.05, 0) is 32.6 Å². The largest absolute Gasteiger partial charge is 0.340 e. The summed E-state index contributed by atoms with van der Waals surface area (Å²) in [5.74, 6) is 0.313. The Morgan fingerprint density at radius 3 is 2.85 bits per heavy atom. The SMILES string of the molecule is CC1C(=O)NC(C)(C2CC2)C(=O)N1CCc1cscn1. The molecule has 2 atom stereocenters. The summed E-state index contributed by atoms with van der Waals surface area (Å²) < 4.78 is 0. The minimum Gasteiger partial charge on any atom is -0.340 e. The molecule has 2 fully saturated rings. The van der Waals surface area contributed by atoms with Gasteiger partial charge in [0.15, 0.2) is 0 Å². The molecule has 1 aromatic rings. The van der Waals surface area contributed by atoms with E-state index in [1.54, 1.807) is 28.7 Å². The molecule has 1 saturated heterocycles. The standard InChI is InChI=1S/C14H19N3O2S/c1-9-12(18)16-14(2,10-3-4-10)13(19)17(9)6-5-11-7-20-8-15-11/h7-10H,3-6H2,1-2H3,(H,16,18). The number of rotatable bonds is 4. The second-order valence-corrected chi connectivity index (χ2v) is 6.59. The van der Waals surface area contributed by atoms with Gasteiger partial charge in [-0.15, -0.1) is 11.3 Å². The molecule has 2 unspecified atom stereocenters. The van der Waals surface area contributed by atoms with Gasteiger partial charge < -0.3 is 10.2 Å². The van der Waals surface area contributed by atoms with Gasteiger partial charge in [-0.3, -0.25) is 9.59 Å². The van der Waals surface area contributed by atoms with Crippen molar-refractivity contribution in [1.82, 2.24) is 15.2 Å². The first-order valence-corrected chi connectivity index (χ1v) is 7.97. The van der Waals surface area contributed by atoms with E-state index in [0.29, 0.717) is 18.9 Å². The zero-order chi connectivity index (χ0) is 14.3. The third kappa shape index (κ3) is 2.22. The van der Waals surface area contributed by atoms with Gasteiger partial charge >= 0.3 is 0 Å². The lowest BCUT2D eigenvalue weighted by Gasteiger charge is -2.43. The smallest absolute Gasteiger partial charge is 0.249 e. The van der Waals surface area contributed by atoms with E-state index in [1.807, 2.05) is 12.3 Å². The highest BCUT2D eigenvalue weighted by Crippen LogP contribution is 2.42. The molecule has 0 bridgehead atoms. The Balaban J connectivity index is 1.76. The second-order valence-electron chi connectivity index (χ2n) is 5.87. The summed E-state index contributed by atoms with van der Waals surface area (Å²) in [5.41, 5.74) is 2.07. The molecule has 1 saturated carbocycles. The van der Waals surface area contributed by atoms with Crippen molar-refractivity contribution in [1.29, 1.82) is 0 Å². The van der Waals surface area contributed by atoms with Crippen molar-refractivity contribution in [3.63, 3.8) is 0 Å². The fourth-order valence-electron chi connectivity index (χ4n) is 2.86. The number of aromatic nitrogens is 1. The van der Waals surface area contributed by atoms with Crippen LogP contribution in [0, 0.1) is 5.92 Å². The lowest BCUT2D eigenvalue weighted by molar-refractivity contribution is -0.154. The third-order valence-electron chi connectivity index (χ3n) is 4.42. The first-order chi connectivity index (χ1) is 9.52. The van der Waals surface area contributed by atoms with Crippen LogP contribution in [0.2, 0.25) is 0 Å². The molecule has 0 aromatic carbocycles. The van der Waals surface area contributed by atoms with Crippen LogP contribution in [0.15, 0.2) is 10.9 Å². The van der Waals surface area contributed by atoms with E-state index in [0.717, 1.165) is 18.5 Å². The van der Waals surface area contributed by atoms with Gasteiger partial charge in [-0.1, -0.05) is 0 Å². The van der Waals surface area contributed by atoms with Crippen molar-refractivity contribution in [3.05, 3.63) is 16.6 Å². The highest BCUT2D eigenvalue weighted by molar-refractivity contribution is 7.07. The van der Waals surface area contributed by atoms with Crippen molar-refractivity contribution in [2.45, 2.75) is 44.7 Å². The molecule has 108 valence electrons. The highest BCUT2D eigenvalue weighted by atomic mass is 32.1. The predicted octanol–water partition coefficient (Wildman–Crippen LogP) is 1.20. The van der Waals surface area contributed by atoms with E-state index < -0.39 is 11.6 Å². The van der Waals surface area contributed by atoms with E-state index in [2.05, 4.69) is 10.3 Å². The molecule has 1 aliphatic heterocycles. The van der Waals surface area contributed by atoms with Gasteiger partial charge in [0.2, 0.25) is 11.8 Å². The average Bonchev–Trinajstić information content (AvgIpc) is 3.15. The van der Waals surface area contributed by atoms with E-state index in [4.69, 9.17) is 0 Å². The first-order valence-electron chi connectivity index (χ1n) is 7.02. The summed E-state index contributed by atoms with van der Waals surface area (Å²) in [6, 6.07) is -0.395. The van der Waals surface area contributed by atoms with Gasteiger partial charge in [0.1, 0.15) is 11.6 Å². The molecule has 1 N–H and O–H groups in total. The van der Waals surface area contributed by atoms with E-state index in [9.17, 15) is 9.59 Å². The van der Waals surface area contributed by atoms with Crippen molar-refractivity contribution in [2.24, 2.45) is 5.92 Å². The van der Waals surface area contributed by atoms with Crippen LogP contribution in [0.25, 0.3) is 0 Å². The molecule has 1 aliphatic carbocycles. The molecule has 0 radical (unpaired) electrons. The maximum absolute atomic E-state index is 12.7. The molecule has 2 heterocycles. The summed E-state index contributed by atoms with van der Waals surface area (Å²) in [5, 5.41) is 4.92. The lowest BCUT2D eigenvalue weighted by atomic mass is 9.89. The van der Waals surface area contributed by atoms with Gasteiger partial charge in [-0.25, -0.2) is 4.98 Å². The summed E-state index contributed by atoms with van der Waals surface area (Å²) >= 11 is 1.55. The quantitative estimate of drug-likeness (QED) is 0.907. The van der Waals surface area contributed by atoms with Crippen LogP contribution in [0.1, 0.15) is 32.4 Å². The normalized spacial score (nSPS) is 30.5. The highest BCUT2D eigenvalue weighted by Gasteiger charge is 2.54. The number of nitrogens with zero attached hydrogens (tertiary/aromatic N) is 2.